The zero-order chi connectivity index (χ0) is 15.3. The first-order valence-corrected chi connectivity index (χ1v) is 7.09. The third-order valence-corrected chi connectivity index (χ3v) is 3.15. The van der Waals surface area contributed by atoms with Crippen molar-refractivity contribution in [1.82, 2.24) is 4.90 Å². The van der Waals surface area contributed by atoms with Crippen molar-refractivity contribution in [2.24, 2.45) is 11.7 Å². The summed E-state index contributed by atoms with van der Waals surface area (Å²) >= 11 is 4.88. The average Bonchev–Trinajstić information content (AvgIpc) is 2.33. The Balaban J connectivity index is 2.93. The van der Waals surface area contributed by atoms with Crippen LogP contribution in [0.2, 0.25) is 0 Å². The van der Waals surface area contributed by atoms with E-state index in [1.165, 1.54) is 6.07 Å². The molecule has 1 amide bonds. The lowest BCUT2D eigenvalue weighted by atomic mass is 10.1. The van der Waals surface area contributed by atoms with E-state index in [0.717, 1.165) is 5.56 Å². The minimum Gasteiger partial charge on any atom is -0.508 e. The van der Waals surface area contributed by atoms with Gasteiger partial charge in [0, 0.05) is 25.1 Å². The van der Waals surface area contributed by atoms with Crippen LogP contribution in [0.5, 0.6) is 5.75 Å². The highest BCUT2D eigenvalue weighted by Gasteiger charge is 2.18. The summed E-state index contributed by atoms with van der Waals surface area (Å²) < 4.78 is 0. The van der Waals surface area contributed by atoms with Crippen molar-refractivity contribution < 1.29 is 9.90 Å². The number of benzene rings is 1. The Hall–Kier alpha value is -1.62. The SMILES string of the molecule is Cc1cc(O)ccc1C(=O)N(CCC(N)=S)CC(C)C. The van der Waals surface area contributed by atoms with Gasteiger partial charge >= 0.3 is 0 Å². The van der Waals surface area contributed by atoms with Gasteiger partial charge in [0.25, 0.3) is 5.91 Å². The molecule has 0 saturated carbocycles. The number of aromatic hydroxyl groups is 1. The van der Waals surface area contributed by atoms with Gasteiger partial charge in [-0.1, -0.05) is 26.1 Å². The lowest BCUT2D eigenvalue weighted by molar-refractivity contribution is 0.0740. The predicted octanol–water partition coefficient (Wildman–Crippen LogP) is 2.48. The maximum absolute atomic E-state index is 12.6. The normalized spacial score (nSPS) is 10.6. The van der Waals surface area contributed by atoms with Gasteiger partial charge < -0.3 is 15.7 Å². The molecule has 0 aliphatic heterocycles. The molecule has 110 valence electrons. The summed E-state index contributed by atoms with van der Waals surface area (Å²) in [5, 5.41) is 9.42. The Labute approximate surface area is 125 Å². The molecule has 0 radical (unpaired) electrons. The zero-order valence-electron chi connectivity index (χ0n) is 12.2. The minimum atomic E-state index is -0.0487. The molecule has 0 aromatic heterocycles. The van der Waals surface area contributed by atoms with E-state index in [0.29, 0.717) is 36.0 Å². The number of hydrogen-bond acceptors (Lipinski definition) is 3. The molecule has 0 bridgehead atoms. The molecule has 0 fully saturated rings. The fraction of sp³-hybridized carbons (Fsp3) is 0.467. The summed E-state index contributed by atoms with van der Waals surface area (Å²) in [7, 11) is 0. The minimum absolute atomic E-state index is 0.0487. The number of nitrogens with zero attached hydrogens (tertiary/aromatic N) is 1. The number of amides is 1. The van der Waals surface area contributed by atoms with Crippen LogP contribution < -0.4 is 5.73 Å². The standard InChI is InChI=1S/C15H22N2O2S/c1-10(2)9-17(7-6-14(16)20)15(19)13-5-4-12(18)8-11(13)3/h4-5,8,10,18H,6-7,9H2,1-3H3,(H2,16,20). The van der Waals surface area contributed by atoms with E-state index < -0.39 is 0 Å². The number of thiocarbonyl (C=S) groups is 1. The average molecular weight is 294 g/mol. The van der Waals surface area contributed by atoms with Gasteiger partial charge in [-0.25, -0.2) is 0 Å². The number of carbonyl (C=O) groups excluding carboxylic acids is 1. The summed E-state index contributed by atoms with van der Waals surface area (Å²) in [5.41, 5.74) is 6.89. The molecule has 1 aromatic carbocycles. The maximum Gasteiger partial charge on any atom is 0.254 e. The van der Waals surface area contributed by atoms with Crippen molar-refractivity contribution >= 4 is 23.1 Å². The Morgan fingerprint density at radius 1 is 1.45 bits per heavy atom. The number of hydrogen-bond donors (Lipinski definition) is 2. The van der Waals surface area contributed by atoms with E-state index in [4.69, 9.17) is 18.0 Å². The van der Waals surface area contributed by atoms with Crippen LogP contribution in [0.4, 0.5) is 0 Å². The largest absolute Gasteiger partial charge is 0.508 e. The van der Waals surface area contributed by atoms with Crippen LogP contribution in [0.15, 0.2) is 18.2 Å². The summed E-state index contributed by atoms with van der Waals surface area (Å²) in [6.07, 6.45) is 0.519. The summed E-state index contributed by atoms with van der Waals surface area (Å²) in [6.45, 7) is 7.11. The van der Waals surface area contributed by atoms with Crippen LogP contribution in [0, 0.1) is 12.8 Å². The highest BCUT2D eigenvalue weighted by molar-refractivity contribution is 7.80. The molecule has 4 nitrogen and oxygen atoms in total. The van der Waals surface area contributed by atoms with Crippen molar-refractivity contribution in [2.75, 3.05) is 13.1 Å². The van der Waals surface area contributed by atoms with Crippen molar-refractivity contribution in [3.8, 4) is 5.75 Å². The van der Waals surface area contributed by atoms with Crippen molar-refractivity contribution in [2.45, 2.75) is 27.2 Å². The Bertz CT molecular complexity index is 501. The number of rotatable bonds is 6. The quantitative estimate of drug-likeness (QED) is 0.791. The zero-order valence-corrected chi connectivity index (χ0v) is 13.0. The van der Waals surface area contributed by atoms with E-state index in [2.05, 4.69) is 13.8 Å². The van der Waals surface area contributed by atoms with Gasteiger partial charge in [-0.05, 0) is 36.6 Å². The van der Waals surface area contributed by atoms with Gasteiger partial charge in [0.1, 0.15) is 5.75 Å². The molecule has 3 N–H and O–H groups in total. The van der Waals surface area contributed by atoms with Crippen molar-refractivity contribution in [3.05, 3.63) is 29.3 Å². The van der Waals surface area contributed by atoms with Gasteiger partial charge in [-0.2, -0.15) is 0 Å². The molecule has 0 saturated heterocycles. The van der Waals surface area contributed by atoms with Gasteiger partial charge in [0.2, 0.25) is 0 Å². The van der Waals surface area contributed by atoms with Gasteiger partial charge in [0.15, 0.2) is 0 Å². The Kier molecular flexibility index (Phi) is 5.95. The first-order valence-electron chi connectivity index (χ1n) is 6.68. The highest BCUT2D eigenvalue weighted by Crippen LogP contribution is 2.18. The lowest BCUT2D eigenvalue weighted by Gasteiger charge is -2.25. The van der Waals surface area contributed by atoms with Gasteiger partial charge in [-0.3, -0.25) is 4.79 Å². The predicted molar refractivity (Wildman–Crippen MR) is 85.0 cm³/mol. The molecule has 1 rings (SSSR count). The molecule has 0 unspecified atom stereocenters. The van der Waals surface area contributed by atoms with Gasteiger partial charge in [0.05, 0.1) is 4.99 Å². The third kappa shape index (κ3) is 4.81. The maximum atomic E-state index is 12.6. The lowest BCUT2D eigenvalue weighted by Crippen LogP contribution is -2.36. The molecule has 0 aliphatic carbocycles. The fourth-order valence-corrected chi connectivity index (χ4v) is 2.11. The molecular weight excluding hydrogens is 272 g/mol. The second-order valence-corrected chi connectivity index (χ2v) is 5.88. The van der Waals surface area contributed by atoms with E-state index in [1.807, 2.05) is 6.92 Å². The third-order valence-electron chi connectivity index (χ3n) is 2.94. The Morgan fingerprint density at radius 3 is 2.60 bits per heavy atom. The van der Waals surface area contributed by atoms with Crippen LogP contribution in [0.25, 0.3) is 0 Å². The number of aryl methyl sites for hydroxylation is 1. The van der Waals surface area contributed by atoms with Crippen LogP contribution in [-0.4, -0.2) is 34.0 Å². The molecule has 0 aliphatic rings. The van der Waals surface area contributed by atoms with E-state index >= 15 is 0 Å². The van der Waals surface area contributed by atoms with Gasteiger partial charge in [-0.15, -0.1) is 0 Å². The smallest absolute Gasteiger partial charge is 0.254 e. The van der Waals surface area contributed by atoms with Crippen LogP contribution in [0.1, 0.15) is 36.2 Å². The summed E-state index contributed by atoms with van der Waals surface area (Å²) in [4.78, 5) is 14.8. The fourth-order valence-electron chi connectivity index (χ4n) is 2.02. The molecule has 20 heavy (non-hydrogen) atoms. The summed E-state index contributed by atoms with van der Waals surface area (Å²) in [5.74, 6) is 0.479. The number of phenols is 1. The number of phenolic OH excluding ortho intramolecular Hbond substituents is 1. The highest BCUT2D eigenvalue weighted by atomic mass is 32.1. The van der Waals surface area contributed by atoms with Crippen LogP contribution in [0.3, 0.4) is 0 Å². The second kappa shape index (κ2) is 7.24. The topological polar surface area (TPSA) is 66.6 Å². The molecule has 0 heterocycles. The second-order valence-electron chi connectivity index (χ2n) is 5.36. The van der Waals surface area contributed by atoms with Crippen LogP contribution >= 0.6 is 12.2 Å². The Morgan fingerprint density at radius 2 is 2.10 bits per heavy atom. The molecule has 5 heteroatoms. The number of carbonyl (C=O) groups is 1. The monoisotopic (exact) mass is 294 g/mol. The summed E-state index contributed by atoms with van der Waals surface area (Å²) in [6, 6.07) is 4.77. The van der Waals surface area contributed by atoms with Crippen molar-refractivity contribution in [3.63, 3.8) is 0 Å². The van der Waals surface area contributed by atoms with E-state index in [1.54, 1.807) is 17.0 Å². The first-order chi connectivity index (χ1) is 9.31. The van der Waals surface area contributed by atoms with E-state index in [-0.39, 0.29) is 11.7 Å². The molecule has 0 atom stereocenters. The first kappa shape index (κ1) is 16.4. The molecule has 0 spiro atoms. The van der Waals surface area contributed by atoms with Crippen molar-refractivity contribution in [1.29, 1.82) is 0 Å². The van der Waals surface area contributed by atoms with E-state index in [9.17, 15) is 9.90 Å². The molecular formula is C15H22N2O2S. The molecule has 1 aromatic rings. The van der Waals surface area contributed by atoms with Crippen LogP contribution in [-0.2, 0) is 0 Å². The number of nitrogens with two attached hydrogens (primary N) is 1.